The minimum absolute atomic E-state index is 0.127. The van der Waals surface area contributed by atoms with E-state index in [0.717, 1.165) is 32.2 Å². The third-order valence-corrected chi connectivity index (χ3v) is 8.10. The van der Waals surface area contributed by atoms with Gasteiger partial charge in [-0.3, -0.25) is 14.4 Å². The van der Waals surface area contributed by atoms with Crippen LogP contribution in [0.3, 0.4) is 0 Å². The number of fused-ring (bicyclic) bond motifs is 4. The molecular weight excluding hydrogens is 508 g/mol. The fourth-order valence-corrected chi connectivity index (χ4v) is 6.01. The van der Waals surface area contributed by atoms with Gasteiger partial charge in [0.15, 0.2) is 5.78 Å². The molecule has 7 heteroatoms. The van der Waals surface area contributed by atoms with Gasteiger partial charge in [-0.2, -0.15) is 0 Å². The first kappa shape index (κ1) is 23.7. The zero-order chi connectivity index (χ0) is 24.8. The normalized spacial score (nSPS) is 23.3. The minimum Gasteiger partial charge on any atom is -0.465 e. The van der Waals surface area contributed by atoms with Gasteiger partial charge >= 0.3 is 5.97 Å². The number of carbonyl (C=O) groups excluding carboxylic acids is 3. The molecule has 3 fully saturated rings. The Morgan fingerprint density at radius 2 is 1.80 bits per heavy atom. The van der Waals surface area contributed by atoms with Crippen molar-refractivity contribution >= 4 is 44.5 Å². The van der Waals surface area contributed by atoms with Crippen molar-refractivity contribution in [1.29, 1.82) is 0 Å². The highest BCUT2D eigenvalue weighted by atomic mass is 79.9. The number of Topliss-reactive ketones (excluding diaryl/α,β-unsaturated/α-hetero) is 1. The maximum Gasteiger partial charge on any atom is 0.319 e. The van der Waals surface area contributed by atoms with E-state index in [2.05, 4.69) is 21.2 Å². The van der Waals surface area contributed by atoms with Gasteiger partial charge in [0.25, 0.3) is 5.91 Å². The highest BCUT2D eigenvalue weighted by Gasteiger charge is 2.59. The monoisotopic (exact) mass is 534 g/mol. The molecule has 3 saturated carbocycles. The average molecular weight is 535 g/mol. The second-order valence-electron chi connectivity index (χ2n) is 9.62. The van der Waals surface area contributed by atoms with E-state index in [-0.39, 0.29) is 24.7 Å². The lowest BCUT2D eigenvalue weighted by Crippen LogP contribution is -2.62. The molecule has 3 aliphatic carbocycles. The van der Waals surface area contributed by atoms with Gasteiger partial charge in [0.1, 0.15) is 5.41 Å². The summed E-state index contributed by atoms with van der Waals surface area (Å²) in [5.74, 6) is -0.765. The summed E-state index contributed by atoms with van der Waals surface area (Å²) in [6.07, 6.45) is 2.10. The second kappa shape index (κ2) is 8.86. The Morgan fingerprint density at radius 3 is 2.46 bits per heavy atom. The molecule has 1 heterocycles. The SMILES string of the molecule is CCOC(=O)C12CCC(NC(=O)c3c(C)c(-c4ccccc4)nc4ccc(Br)cc34)(CC1)CC2=O. The number of hydrogen-bond donors (Lipinski definition) is 1. The largest absolute Gasteiger partial charge is 0.465 e. The highest BCUT2D eigenvalue weighted by Crippen LogP contribution is 2.51. The van der Waals surface area contributed by atoms with E-state index >= 15 is 0 Å². The summed E-state index contributed by atoms with van der Waals surface area (Å²) >= 11 is 3.52. The van der Waals surface area contributed by atoms with Gasteiger partial charge in [-0.25, -0.2) is 4.98 Å². The zero-order valence-electron chi connectivity index (χ0n) is 19.8. The van der Waals surface area contributed by atoms with E-state index in [4.69, 9.17) is 9.72 Å². The first-order valence-corrected chi connectivity index (χ1v) is 12.8. The van der Waals surface area contributed by atoms with Crippen molar-refractivity contribution in [3.63, 3.8) is 0 Å². The van der Waals surface area contributed by atoms with E-state index in [1.54, 1.807) is 6.92 Å². The van der Waals surface area contributed by atoms with Gasteiger partial charge in [0.2, 0.25) is 0 Å². The minimum atomic E-state index is -1.05. The first-order chi connectivity index (χ1) is 16.8. The summed E-state index contributed by atoms with van der Waals surface area (Å²) in [6, 6.07) is 15.5. The molecule has 0 aliphatic heterocycles. The van der Waals surface area contributed by atoms with Crippen LogP contribution >= 0.6 is 15.9 Å². The molecule has 0 spiro atoms. The number of hydrogen-bond acceptors (Lipinski definition) is 5. The molecule has 6 rings (SSSR count). The molecule has 0 atom stereocenters. The lowest BCUT2D eigenvalue weighted by atomic mass is 9.56. The number of nitrogens with zero attached hydrogens (tertiary/aromatic N) is 1. The number of pyridine rings is 1. The van der Waals surface area contributed by atoms with Crippen molar-refractivity contribution < 1.29 is 19.1 Å². The number of esters is 1. The Labute approximate surface area is 212 Å². The number of aromatic nitrogens is 1. The van der Waals surface area contributed by atoms with Crippen LogP contribution in [0, 0.1) is 12.3 Å². The standard InChI is InChI=1S/C28H27BrN2O4/c1-3-35-26(34)28-13-11-27(12-14-28,16-22(28)32)31-25(33)23-17(2)24(18-7-5-4-6-8-18)30-21-10-9-19(29)15-20(21)23/h4-10,15H,3,11-14,16H2,1-2H3,(H,31,33). The predicted octanol–water partition coefficient (Wildman–Crippen LogP) is 5.54. The van der Waals surface area contributed by atoms with Gasteiger partial charge in [-0.15, -0.1) is 0 Å². The average Bonchev–Trinajstić information content (AvgIpc) is 2.84. The Kier molecular flexibility index (Phi) is 5.99. The number of ketones is 1. The van der Waals surface area contributed by atoms with Crippen molar-refractivity contribution in [2.45, 2.75) is 51.5 Å². The number of amides is 1. The molecule has 1 N–H and O–H groups in total. The van der Waals surface area contributed by atoms with Crippen molar-refractivity contribution in [3.8, 4) is 11.3 Å². The highest BCUT2D eigenvalue weighted by molar-refractivity contribution is 9.10. The predicted molar refractivity (Wildman–Crippen MR) is 137 cm³/mol. The van der Waals surface area contributed by atoms with Gasteiger partial charge in [-0.1, -0.05) is 46.3 Å². The Hall–Kier alpha value is -3.06. The van der Waals surface area contributed by atoms with Crippen LogP contribution in [0.25, 0.3) is 22.2 Å². The maximum atomic E-state index is 13.9. The molecule has 0 unspecified atom stereocenters. The van der Waals surface area contributed by atoms with Crippen molar-refractivity contribution in [2.75, 3.05) is 6.61 Å². The van der Waals surface area contributed by atoms with Gasteiger partial charge in [-0.05, 0) is 63.3 Å². The molecule has 3 aromatic rings. The Bertz CT molecular complexity index is 1340. The number of halogens is 1. The smallest absolute Gasteiger partial charge is 0.319 e. The van der Waals surface area contributed by atoms with Gasteiger partial charge in [0.05, 0.1) is 23.4 Å². The number of nitrogens with one attached hydrogen (secondary N) is 1. The van der Waals surface area contributed by atoms with E-state index < -0.39 is 16.9 Å². The molecule has 2 bridgehead atoms. The molecule has 35 heavy (non-hydrogen) atoms. The van der Waals surface area contributed by atoms with Crippen molar-refractivity contribution in [2.24, 2.45) is 5.41 Å². The van der Waals surface area contributed by atoms with Crippen molar-refractivity contribution in [3.05, 3.63) is 64.1 Å². The maximum absolute atomic E-state index is 13.9. The summed E-state index contributed by atoms with van der Waals surface area (Å²) < 4.78 is 6.08. The Balaban J connectivity index is 1.52. The molecule has 1 aromatic heterocycles. The molecule has 2 aromatic carbocycles. The van der Waals surface area contributed by atoms with Crippen LogP contribution < -0.4 is 5.32 Å². The van der Waals surface area contributed by atoms with Crippen LogP contribution in [0.5, 0.6) is 0 Å². The topological polar surface area (TPSA) is 85.4 Å². The molecule has 1 amide bonds. The quantitative estimate of drug-likeness (QED) is 0.343. The van der Waals surface area contributed by atoms with Crippen molar-refractivity contribution in [1.82, 2.24) is 10.3 Å². The van der Waals surface area contributed by atoms with Crippen LogP contribution in [0.2, 0.25) is 0 Å². The molecule has 6 nitrogen and oxygen atoms in total. The lowest BCUT2D eigenvalue weighted by molar-refractivity contribution is -0.168. The molecule has 0 radical (unpaired) electrons. The van der Waals surface area contributed by atoms with Crippen LogP contribution in [0.1, 0.15) is 54.9 Å². The van der Waals surface area contributed by atoms with E-state index in [1.807, 2.05) is 55.5 Å². The fraction of sp³-hybridized carbons (Fsp3) is 0.357. The fourth-order valence-electron chi connectivity index (χ4n) is 5.65. The molecule has 3 aliphatic rings. The zero-order valence-corrected chi connectivity index (χ0v) is 21.4. The van der Waals surface area contributed by atoms with E-state index in [0.29, 0.717) is 31.2 Å². The van der Waals surface area contributed by atoms with Crippen LogP contribution in [-0.4, -0.2) is 34.8 Å². The summed E-state index contributed by atoms with van der Waals surface area (Å²) in [4.78, 5) is 44.5. The van der Waals surface area contributed by atoms with E-state index in [1.165, 1.54) is 0 Å². The second-order valence-corrected chi connectivity index (χ2v) is 10.5. The third kappa shape index (κ3) is 3.96. The lowest BCUT2D eigenvalue weighted by Gasteiger charge is -2.50. The van der Waals surface area contributed by atoms with E-state index in [9.17, 15) is 14.4 Å². The summed E-state index contributed by atoms with van der Waals surface area (Å²) in [6.45, 7) is 3.92. The number of benzene rings is 2. The first-order valence-electron chi connectivity index (χ1n) is 12.0. The summed E-state index contributed by atoms with van der Waals surface area (Å²) in [5, 5.41) is 3.98. The van der Waals surface area contributed by atoms with Crippen LogP contribution in [-0.2, 0) is 14.3 Å². The third-order valence-electron chi connectivity index (χ3n) is 7.60. The summed E-state index contributed by atoms with van der Waals surface area (Å²) in [5.41, 5.74) is 2.07. The van der Waals surface area contributed by atoms with Gasteiger partial charge < -0.3 is 10.1 Å². The summed E-state index contributed by atoms with van der Waals surface area (Å²) in [7, 11) is 0. The Morgan fingerprint density at radius 1 is 1.09 bits per heavy atom. The number of ether oxygens (including phenoxy) is 1. The molecule has 0 saturated heterocycles. The van der Waals surface area contributed by atoms with Gasteiger partial charge in [0, 0.05) is 27.4 Å². The number of rotatable bonds is 5. The molecular formula is C28H27BrN2O4. The van der Waals surface area contributed by atoms with Crippen LogP contribution in [0.15, 0.2) is 53.0 Å². The molecule has 180 valence electrons. The van der Waals surface area contributed by atoms with Crippen LogP contribution in [0.4, 0.5) is 0 Å². The number of carbonyl (C=O) groups is 3.